The average molecular weight is 204 g/mol. The van der Waals surface area contributed by atoms with Gasteiger partial charge in [-0.15, -0.1) is 0 Å². The minimum atomic E-state index is -2.83. The fraction of sp³-hybridized carbons (Fsp3) is 0.875. The van der Waals surface area contributed by atoms with Gasteiger partial charge in [0.1, 0.15) is 9.84 Å². The molecule has 0 aromatic rings. The second-order valence-corrected chi connectivity index (χ2v) is 5.78. The van der Waals surface area contributed by atoms with Gasteiger partial charge in [-0.2, -0.15) is 0 Å². The molecule has 5 heteroatoms. The van der Waals surface area contributed by atoms with Crippen LogP contribution in [0, 0.1) is 5.41 Å². The van der Waals surface area contributed by atoms with E-state index >= 15 is 0 Å². The number of hydrogen-bond donors (Lipinski definition) is 1. The fourth-order valence-electron chi connectivity index (χ4n) is 1.49. The molecule has 1 rings (SSSR count). The van der Waals surface area contributed by atoms with Crippen LogP contribution >= 0.6 is 0 Å². The molecule has 0 unspecified atom stereocenters. The maximum atomic E-state index is 10.8. The second kappa shape index (κ2) is 4.09. The smallest absolute Gasteiger partial charge is 0.147 e. The zero-order chi connectivity index (χ0) is 9.90. The van der Waals surface area contributed by atoms with Gasteiger partial charge in [0.25, 0.3) is 0 Å². The Balaban J connectivity index is 2.23. The summed E-state index contributed by atoms with van der Waals surface area (Å²) in [6.45, 7) is 1.63. The number of nitrogens with zero attached hydrogens (tertiary/aromatic N) is 1. The molecule has 1 fully saturated rings. The van der Waals surface area contributed by atoms with E-state index in [9.17, 15) is 8.42 Å². The quantitative estimate of drug-likeness (QED) is 0.725. The lowest BCUT2D eigenvalue weighted by Gasteiger charge is -2.16. The van der Waals surface area contributed by atoms with Crippen LogP contribution in [0.2, 0.25) is 0 Å². The highest BCUT2D eigenvalue weighted by Crippen LogP contribution is 2.10. The van der Waals surface area contributed by atoms with Crippen LogP contribution in [-0.2, 0) is 9.84 Å². The van der Waals surface area contributed by atoms with Crippen molar-refractivity contribution in [1.82, 2.24) is 4.90 Å². The van der Waals surface area contributed by atoms with Crippen molar-refractivity contribution < 1.29 is 8.42 Å². The van der Waals surface area contributed by atoms with E-state index in [0.29, 0.717) is 18.8 Å². The average Bonchev–Trinajstić information content (AvgIpc) is 2.34. The summed E-state index contributed by atoms with van der Waals surface area (Å²) < 4.78 is 21.6. The molecule has 0 bridgehead atoms. The summed E-state index contributed by atoms with van der Waals surface area (Å²) in [7, 11) is -2.83. The third-order valence-corrected chi connectivity index (χ3v) is 3.20. The van der Waals surface area contributed by atoms with E-state index in [1.54, 1.807) is 0 Å². The summed E-state index contributed by atoms with van der Waals surface area (Å²) in [4.78, 5) is 1.96. The standard InChI is InChI=1S/C8H16N2O2S/c1-13(11,12)7-3-6-10-5-2-4-8(10)9/h9H,2-7H2,1H3. The van der Waals surface area contributed by atoms with Gasteiger partial charge in [0.05, 0.1) is 11.6 Å². The molecule has 1 heterocycles. The molecule has 1 aliphatic rings. The Labute approximate surface area is 79.4 Å². The van der Waals surface area contributed by atoms with Crippen LogP contribution in [-0.4, -0.2) is 44.3 Å². The monoisotopic (exact) mass is 204 g/mol. The molecule has 0 radical (unpaired) electrons. The molecule has 0 atom stereocenters. The minimum Gasteiger partial charge on any atom is -0.361 e. The Hall–Kier alpha value is -0.580. The highest BCUT2D eigenvalue weighted by molar-refractivity contribution is 7.90. The van der Waals surface area contributed by atoms with Gasteiger partial charge < -0.3 is 4.90 Å². The number of likely N-dealkylation sites (tertiary alicyclic amines) is 1. The first-order chi connectivity index (χ1) is 5.99. The molecule has 0 saturated carbocycles. The van der Waals surface area contributed by atoms with E-state index in [-0.39, 0.29) is 5.75 Å². The Morgan fingerprint density at radius 3 is 2.69 bits per heavy atom. The first-order valence-corrected chi connectivity index (χ1v) is 6.55. The van der Waals surface area contributed by atoms with Crippen molar-refractivity contribution in [2.24, 2.45) is 0 Å². The molecule has 0 aromatic carbocycles. The minimum absolute atomic E-state index is 0.233. The molecule has 13 heavy (non-hydrogen) atoms. The molecule has 76 valence electrons. The number of sulfone groups is 1. The summed E-state index contributed by atoms with van der Waals surface area (Å²) in [6, 6.07) is 0. The SMILES string of the molecule is CS(=O)(=O)CCCN1CCCC1=N. The van der Waals surface area contributed by atoms with Crippen LogP contribution in [0.3, 0.4) is 0 Å². The lowest BCUT2D eigenvalue weighted by molar-refractivity contribution is 0.449. The van der Waals surface area contributed by atoms with E-state index < -0.39 is 9.84 Å². The molecular formula is C8H16N2O2S. The molecule has 1 N–H and O–H groups in total. The van der Waals surface area contributed by atoms with Gasteiger partial charge in [0.15, 0.2) is 0 Å². The highest BCUT2D eigenvalue weighted by Gasteiger charge is 2.16. The van der Waals surface area contributed by atoms with E-state index in [4.69, 9.17) is 5.41 Å². The van der Waals surface area contributed by atoms with Gasteiger partial charge in [-0.3, -0.25) is 5.41 Å². The predicted octanol–water partition coefficient (Wildman–Crippen LogP) is 0.494. The fourth-order valence-corrected chi connectivity index (χ4v) is 2.15. The molecule has 0 spiro atoms. The van der Waals surface area contributed by atoms with Gasteiger partial charge in [-0.05, 0) is 12.8 Å². The van der Waals surface area contributed by atoms with Crippen LogP contribution in [0.25, 0.3) is 0 Å². The Bertz CT molecular complexity index is 285. The van der Waals surface area contributed by atoms with Crippen molar-refractivity contribution in [1.29, 1.82) is 5.41 Å². The molecule has 1 saturated heterocycles. The van der Waals surface area contributed by atoms with Crippen LogP contribution < -0.4 is 0 Å². The zero-order valence-electron chi connectivity index (χ0n) is 7.91. The summed E-state index contributed by atoms with van der Waals surface area (Å²) >= 11 is 0. The van der Waals surface area contributed by atoms with E-state index in [0.717, 1.165) is 19.4 Å². The van der Waals surface area contributed by atoms with Crippen molar-refractivity contribution in [2.45, 2.75) is 19.3 Å². The van der Waals surface area contributed by atoms with Crippen LogP contribution in [0.5, 0.6) is 0 Å². The second-order valence-electron chi connectivity index (χ2n) is 3.52. The lowest BCUT2D eigenvalue weighted by atomic mass is 10.4. The summed E-state index contributed by atoms with van der Waals surface area (Å²) in [5.41, 5.74) is 0. The first-order valence-electron chi connectivity index (χ1n) is 4.49. The number of amidine groups is 1. The van der Waals surface area contributed by atoms with Gasteiger partial charge in [-0.25, -0.2) is 8.42 Å². The largest absolute Gasteiger partial charge is 0.361 e. The maximum absolute atomic E-state index is 10.8. The summed E-state index contributed by atoms with van der Waals surface area (Å²) in [5.74, 6) is 0.894. The van der Waals surface area contributed by atoms with Crippen molar-refractivity contribution in [3.63, 3.8) is 0 Å². The van der Waals surface area contributed by atoms with Crippen molar-refractivity contribution in [3.8, 4) is 0 Å². The van der Waals surface area contributed by atoms with Crippen molar-refractivity contribution in [2.75, 3.05) is 25.1 Å². The maximum Gasteiger partial charge on any atom is 0.147 e. The highest BCUT2D eigenvalue weighted by atomic mass is 32.2. The molecular weight excluding hydrogens is 188 g/mol. The topological polar surface area (TPSA) is 61.2 Å². The Morgan fingerprint density at radius 1 is 1.54 bits per heavy atom. The Kier molecular flexibility index (Phi) is 3.30. The third kappa shape index (κ3) is 3.76. The van der Waals surface area contributed by atoms with E-state index in [2.05, 4.69) is 0 Å². The predicted molar refractivity (Wildman–Crippen MR) is 52.9 cm³/mol. The van der Waals surface area contributed by atoms with Crippen molar-refractivity contribution >= 4 is 15.7 Å². The van der Waals surface area contributed by atoms with Gasteiger partial charge >= 0.3 is 0 Å². The molecule has 1 aliphatic heterocycles. The number of hydrogen-bond acceptors (Lipinski definition) is 3. The summed E-state index contributed by atoms with van der Waals surface area (Å²) in [6.07, 6.45) is 3.78. The first kappa shape index (κ1) is 10.5. The van der Waals surface area contributed by atoms with Crippen LogP contribution in [0.15, 0.2) is 0 Å². The number of rotatable bonds is 4. The molecule has 0 amide bonds. The molecule has 0 aliphatic carbocycles. The normalized spacial score (nSPS) is 18.2. The van der Waals surface area contributed by atoms with Crippen molar-refractivity contribution in [3.05, 3.63) is 0 Å². The third-order valence-electron chi connectivity index (χ3n) is 2.17. The van der Waals surface area contributed by atoms with Gasteiger partial charge in [0.2, 0.25) is 0 Å². The zero-order valence-corrected chi connectivity index (χ0v) is 8.73. The van der Waals surface area contributed by atoms with Crippen LogP contribution in [0.4, 0.5) is 0 Å². The molecule has 4 nitrogen and oxygen atoms in total. The number of nitrogens with one attached hydrogen (secondary N) is 1. The molecule has 0 aromatic heterocycles. The lowest BCUT2D eigenvalue weighted by Crippen LogP contribution is -2.26. The van der Waals surface area contributed by atoms with E-state index in [1.165, 1.54) is 6.26 Å². The summed E-state index contributed by atoms with van der Waals surface area (Å²) in [5, 5.41) is 7.52. The van der Waals surface area contributed by atoms with Gasteiger partial charge in [-0.1, -0.05) is 0 Å². The Morgan fingerprint density at radius 2 is 2.23 bits per heavy atom. The van der Waals surface area contributed by atoms with E-state index in [1.807, 2.05) is 4.90 Å². The van der Waals surface area contributed by atoms with Crippen LogP contribution in [0.1, 0.15) is 19.3 Å². The van der Waals surface area contributed by atoms with Gasteiger partial charge in [0, 0.05) is 25.8 Å².